The van der Waals surface area contributed by atoms with E-state index >= 15 is 0 Å². The molecule has 9 heteroatoms. The van der Waals surface area contributed by atoms with E-state index in [1.807, 2.05) is 6.07 Å². The number of rotatable bonds is 3. The SMILES string of the molecule is CN(C)[C@H]1C(=O)C(C(N)=O)=C(O)[C@@]2(O)C(=O)C3=C(O)c4c(O)ccc(C5CCCC5)c4C[C@H]3C[C@@H]12. The lowest BCUT2D eigenvalue weighted by atomic mass is 9.57. The van der Waals surface area contributed by atoms with Crippen LogP contribution in [0.25, 0.3) is 5.76 Å². The minimum Gasteiger partial charge on any atom is -0.508 e. The minimum atomic E-state index is -2.61. The van der Waals surface area contributed by atoms with Gasteiger partial charge in [-0.3, -0.25) is 19.3 Å². The standard InChI is InChI=1S/C26H30N2O7/c1-28(2)20-15-10-12-9-14-13(11-5-3-4-6-11)7-8-16(29)18(14)21(30)17(12)23(32)26(15,35)24(33)19(22(20)31)25(27)34/h7-8,11-12,15,20,29-30,33,35H,3-6,9-10H2,1-2H3,(H2,27,34)/t12-,15-,20+,26-/m0/s1. The number of phenolic OH excluding ortho intramolecular Hbond substituents is 1. The lowest BCUT2D eigenvalue weighted by Gasteiger charge is -2.50. The number of fused-ring (bicyclic) bond motifs is 3. The van der Waals surface area contributed by atoms with Gasteiger partial charge in [0.2, 0.25) is 5.78 Å². The van der Waals surface area contributed by atoms with Gasteiger partial charge in [-0.25, -0.2) is 0 Å². The summed E-state index contributed by atoms with van der Waals surface area (Å²) >= 11 is 0. The van der Waals surface area contributed by atoms with Gasteiger partial charge in [0, 0.05) is 11.5 Å². The van der Waals surface area contributed by atoms with Crippen LogP contribution in [0.3, 0.4) is 0 Å². The van der Waals surface area contributed by atoms with E-state index in [2.05, 4.69) is 0 Å². The number of ketones is 2. The first-order valence-electron chi connectivity index (χ1n) is 12.0. The van der Waals surface area contributed by atoms with Crippen molar-refractivity contribution in [1.29, 1.82) is 0 Å². The number of hydrogen-bond acceptors (Lipinski definition) is 8. The highest BCUT2D eigenvalue weighted by molar-refractivity contribution is 6.24. The quantitative estimate of drug-likeness (QED) is 0.406. The Balaban J connectivity index is 1.72. The lowest BCUT2D eigenvalue weighted by molar-refractivity contribution is -0.153. The van der Waals surface area contributed by atoms with Crippen molar-refractivity contribution in [3.05, 3.63) is 45.7 Å². The summed E-state index contributed by atoms with van der Waals surface area (Å²) in [5.74, 6) is -5.96. The molecule has 1 aromatic rings. The number of likely N-dealkylation sites (N-methyl/N-ethyl adjacent to an activating group) is 1. The van der Waals surface area contributed by atoms with E-state index in [1.54, 1.807) is 14.1 Å². The van der Waals surface area contributed by atoms with Crippen LogP contribution in [0.1, 0.15) is 54.7 Å². The second kappa shape index (κ2) is 7.93. The molecule has 0 aromatic heterocycles. The molecular formula is C26H30N2O7. The zero-order chi connectivity index (χ0) is 25.4. The summed E-state index contributed by atoms with van der Waals surface area (Å²) in [6.07, 6.45) is 4.66. The van der Waals surface area contributed by atoms with Crippen LogP contribution >= 0.6 is 0 Å². The Bertz CT molecular complexity index is 1220. The molecule has 0 aliphatic heterocycles. The molecule has 0 heterocycles. The Kier molecular flexibility index (Phi) is 5.34. The third-order valence-electron chi connectivity index (χ3n) is 8.44. The van der Waals surface area contributed by atoms with Crippen molar-refractivity contribution in [2.24, 2.45) is 17.6 Å². The molecule has 0 unspecified atom stereocenters. The zero-order valence-electron chi connectivity index (χ0n) is 19.7. The Morgan fingerprint density at radius 1 is 1.09 bits per heavy atom. The van der Waals surface area contributed by atoms with Gasteiger partial charge >= 0.3 is 0 Å². The van der Waals surface area contributed by atoms with E-state index in [4.69, 9.17) is 5.73 Å². The van der Waals surface area contributed by atoms with Crippen molar-refractivity contribution in [2.75, 3.05) is 14.1 Å². The van der Waals surface area contributed by atoms with Gasteiger partial charge in [-0.2, -0.15) is 0 Å². The van der Waals surface area contributed by atoms with E-state index < -0.39 is 58.0 Å². The number of aliphatic hydroxyl groups excluding tert-OH is 2. The molecule has 2 fully saturated rings. The van der Waals surface area contributed by atoms with Crippen LogP contribution in [0.15, 0.2) is 29.0 Å². The van der Waals surface area contributed by atoms with E-state index in [-0.39, 0.29) is 23.3 Å². The maximum atomic E-state index is 13.8. The van der Waals surface area contributed by atoms with Gasteiger partial charge in [-0.1, -0.05) is 18.9 Å². The molecule has 9 nitrogen and oxygen atoms in total. The molecule has 5 rings (SSSR count). The van der Waals surface area contributed by atoms with E-state index in [0.29, 0.717) is 12.3 Å². The monoisotopic (exact) mass is 482 g/mol. The Labute approximate surface area is 202 Å². The van der Waals surface area contributed by atoms with E-state index in [0.717, 1.165) is 36.8 Å². The summed E-state index contributed by atoms with van der Waals surface area (Å²) in [6.45, 7) is 0. The summed E-state index contributed by atoms with van der Waals surface area (Å²) in [5.41, 5.74) is 3.80. The first-order chi connectivity index (χ1) is 16.5. The van der Waals surface area contributed by atoms with Crippen LogP contribution in [-0.2, 0) is 20.8 Å². The number of nitrogens with two attached hydrogens (primary N) is 1. The Hall–Kier alpha value is -3.17. The number of aliphatic hydroxyl groups is 3. The van der Waals surface area contributed by atoms with Crippen LogP contribution in [0.4, 0.5) is 0 Å². The topological polar surface area (TPSA) is 161 Å². The summed E-state index contributed by atoms with van der Waals surface area (Å²) in [7, 11) is 3.17. The van der Waals surface area contributed by atoms with Crippen LogP contribution in [0.5, 0.6) is 5.75 Å². The third kappa shape index (κ3) is 3.11. The highest BCUT2D eigenvalue weighted by Gasteiger charge is 2.64. The number of amides is 1. The zero-order valence-corrected chi connectivity index (χ0v) is 19.7. The van der Waals surface area contributed by atoms with Crippen molar-refractivity contribution in [1.82, 2.24) is 4.90 Å². The van der Waals surface area contributed by atoms with E-state index in [9.17, 15) is 34.8 Å². The highest BCUT2D eigenvalue weighted by atomic mass is 16.3. The van der Waals surface area contributed by atoms with Crippen LogP contribution in [-0.4, -0.2) is 68.5 Å². The predicted molar refractivity (Wildman–Crippen MR) is 125 cm³/mol. The van der Waals surface area contributed by atoms with Gasteiger partial charge in [-0.05, 0) is 68.8 Å². The van der Waals surface area contributed by atoms with Gasteiger partial charge < -0.3 is 26.2 Å². The number of carbonyl (C=O) groups is 3. The first kappa shape index (κ1) is 23.6. The summed E-state index contributed by atoms with van der Waals surface area (Å²) < 4.78 is 0. The van der Waals surface area contributed by atoms with Gasteiger partial charge in [0.1, 0.15) is 22.8 Å². The third-order valence-corrected chi connectivity index (χ3v) is 8.44. The molecule has 4 aliphatic carbocycles. The molecule has 4 aliphatic rings. The number of aromatic hydroxyl groups is 1. The molecule has 0 spiro atoms. The molecule has 0 bridgehead atoms. The van der Waals surface area contributed by atoms with Gasteiger partial charge in [0.25, 0.3) is 5.91 Å². The number of phenols is 1. The fourth-order valence-electron chi connectivity index (χ4n) is 6.89. The molecule has 0 saturated heterocycles. The number of Topliss-reactive ketones (excluding diaryl/α,β-unsaturated/α-hetero) is 2. The maximum absolute atomic E-state index is 13.8. The van der Waals surface area contributed by atoms with Gasteiger partial charge in [-0.15, -0.1) is 0 Å². The number of hydrogen-bond donors (Lipinski definition) is 5. The van der Waals surface area contributed by atoms with Gasteiger partial charge in [0.15, 0.2) is 11.4 Å². The fourth-order valence-corrected chi connectivity index (χ4v) is 6.89. The lowest BCUT2D eigenvalue weighted by Crippen LogP contribution is -2.65. The average Bonchev–Trinajstić information content (AvgIpc) is 3.30. The summed E-state index contributed by atoms with van der Waals surface area (Å²) in [5, 5.41) is 44.4. The van der Waals surface area contributed by atoms with Crippen molar-refractivity contribution < 1.29 is 34.8 Å². The van der Waals surface area contributed by atoms with Crippen molar-refractivity contribution in [3.63, 3.8) is 0 Å². The second-order valence-electron chi connectivity index (χ2n) is 10.5. The number of nitrogens with zero attached hydrogens (tertiary/aromatic N) is 1. The number of benzene rings is 1. The molecule has 4 atom stereocenters. The highest BCUT2D eigenvalue weighted by Crippen LogP contribution is 2.53. The molecule has 186 valence electrons. The summed E-state index contributed by atoms with van der Waals surface area (Å²) in [4.78, 5) is 40.5. The van der Waals surface area contributed by atoms with Crippen LogP contribution in [0.2, 0.25) is 0 Å². The minimum absolute atomic E-state index is 0.103. The molecule has 6 N–H and O–H groups in total. The Morgan fingerprint density at radius 2 is 1.74 bits per heavy atom. The first-order valence-corrected chi connectivity index (χ1v) is 12.0. The number of primary amides is 1. The fraction of sp³-hybridized carbons (Fsp3) is 0.500. The average molecular weight is 483 g/mol. The van der Waals surface area contributed by atoms with Crippen molar-refractivity contribution >= 4 is 23.2 Å². The maximum Gasteiger partial charge on any atom is 0.255 e. The molecule has 1 amide bonds. The second-order valence-corrected chi connectivity index (χ2v) is 10.5. The smallest absolute Gasteiger partial charge is 0.255 e. The molecule has 0 radical (unpaired) electrons. The largest absolute Gasteiger partial charge is 0.508 e. The molecule has 1 aromatic carbocycles. The predicted octanol–water partition coefficient (Wildman–Crippen LogP) is 1.62. The molecule has 35 heavy (non-hydrogen) atoms. The number of carbonyl (C=O) groups excluding carboxylic acids is 3. The summed E-state index contributed by atoms with van der Waals surface area (Å²) in [6, 6.07) is 2.31. The van der Waals surface area contributed by atoms with Crippen molar-refractivity contribution in [3.8, 4) is 5.75 Å². The molecular weight excluding hydrogens is 452 g/mol. The normalized spacial score (nSPS) is 31.0. The van der Waals surface area contributed by atoms with E-state index in [1.165, 1.54) is 11.0 Å². The van der Waals surface area contributed by atoms with Crippen molar-refractivity contribution in [2.45, 2.75) is 56.1 Å². The van der Waals surface area contributed by atoms with Crippen LogP contribution < -0.4 is 5.73 Å². The van der Waals surface area contributed by atoms with Gasteiger partial charge in [0.05, 0.1) is 11.6 Å². The van der Waals surface area contributed by atoms with Crippen LogP contribution in [0, 0.1) is 11.8 Å². The Morgan fingerprint density at radius 3 is 2.34 bits per heavy atom. The molecule has 2 saturated carbocycles.